The van der Waals surface area contributed by atoms with Crippen molar-refractivity contribution in [1.82, 2.24) is 10.3 Å². The van der Waals surface area contributed by atoms with Crippen molar-refractivity contribution in [3.8, 4) is 11.3 Å². The summed E-state index contributed by atoms with van der Waals surface area (Å²) in [5.74, 6) is 0. The third-order valence-corrected chi connectivity index (χ3v) is 2.90. The molecule has 0 aliphatic carbocycles. The topological polar surface area (TPSA) is 71.2 Å². The fraction of sp³-hybridized carbons (Fsp3) is 0.267. The number of nitrogens with two attached hydrogens (primary N) is 1. The standard InChI is InChI=1S/C15H19N3O/c16-9-14(19)11-17-10-12-4-6-13(7-5-12)15-3-1-2-8-18-15/h1-8,14,17,19H,9-11,16H2. The van der Waals surface area contributed by atoms with Crippen molar-refractivity contribution in [2.75, 3.05) is 13.1 Å². The lowest BCUT2D eigenvalue weighted by Crippen LogP contribution is -2.32. The number of pyridine rings is 1. The fourth-order valence-electron chi connectivity index (χ4n) is 1.79. The summed E-state index contributed by atoms with van der Waals surface area (Å²) >= 11 is 0. The van der Waals surface area contributed by atoms with Crippen molar-refractivity contribution < 1.29 is 5.11 Å². The molecule has 0 aliphatic rings. The summed E-state index contributed by atoms with van der Waals surface area (Å²) in [7, 11) is 0. The molecule has 19 heavy (non-hydrogen) atoms. The molecule has 4 nitrogen and oxygen atoms in total. The SMILES string of the molecule is NCC(O)CNCc1ccc(-c2ccccn2)cc1. The number of aliphatic hydroxyl groups is 1. The van der Waals surface area contributed by atoms with Gasteiger partial charge in [0.1, 0.15) is 0 Å². The molecule has 1 aromatic carbocycles. The summed E-state index contributed by atoms with van der Waals surface area (Å²) in [6, 6.07) is 14.1. The van der Waals surface area contributed by atoms with Gasteiger partial charge < -0.3 is 16.2 Å². The summed E-state index contributed by atoms with van der Waals surface area (Å²) < 4.78 is 0. The molecule has 0 fully saturated rings. The van der Waals surface area contributed by atoms with Gasteiger partial charge in [-0.05, 0) is 17.7 Å². The second-order valence-corrected chi connectivity index (χ2v) is 4.43. The summed E-state index contributed by atoms with van der Waals surface area (Å²) in [4.78, 5) is 4.31. The van der Waals surface area contributed by atoms with E-state index >= 15 is 0 Å². The van der Waals surface area contributed by atoms with Crippen molar-refractivity contribution in [2.45, 2.75) is 12.6 Å². The number of nitrogens with zero attached hydrogens (tertiary/aromatic N) is 1. The molecular weight excluding hydrogens is 238 g/mol. The molecule has 0 saturated heterocycles. The first kappa shape index (κ1) is 13.7. The van der Waals surface area contributed by atoms with Crippen LogP contribution >= 0.6 is 0 Å². The van der Waals surface area contributed by atoms with E-state index in [9.17, 15) is 5.11 Å². The average molecular weight is 257 g/mol. The molecule has 1 unspecified atom stereocenters. The van der Waals surface area contributed by atoms with Gasteiger partial charge in [-0.25, -0.2) is 0 Å². The smallest absolute Gasteiger partial charge is 0.0786 e. The van der Waals surface area contributed by atoms with E-state index in [4.69, 9.17) is 5.73 Å². The Morgan fingerprint density at radius 3 is 2.58 bits per heavy atom. The Balaban J connectivity index is 1.92. The van der Waals surface area contributed by atoms with Crippen LogP contribution in [0.15, 0.2) is 48.7 Å². The van der Waals surface area contributed by atoms with E-state index in [0.29, 0.717) is 6.54 Å². The second-order valence-electron chi connectivity index (χ2n) is 4.43. The zero-order chi connectivity index (χ0) is 13.5. The minimum atomic E-state index is -0.479. The highest BCUT2D eigenvalue weighted by Gasteiger charge is 2.01. The van der Waals surface area contributed by atoms with E-state index in [2.05, 4.69) is 34.6 Å². The molecule has 0 aliphatic heterocycles. The van der Waals surface area contributed by atoms with Crippen LogP contribution in [-0.4, -0.2) is 29.3 Å². The maximum absolute atomic E-state index is 9.33. The molecule has 1 heterocycles. The third kappa shape index (κ3) is 4.13. The third-order valence-electron chi connectivity index (χ3n) is 2.90. The molecule has 1 aromatic heterocycles. The Hall–Kier alpha value is -1.75. The number of hydrogen-bond acceptors (Lipinski definition) is 4. The summed E-state index contributed by atoms with van der Waals surface area (Å²) in [6.45, 7) is 1.52. The quantitative estimate of drug-likeness (QED) is 0.726. The van der Waals surface area contributed by atoms with Gasteiger partial charge in [0.25, 0.3) is 0 Å². The molecule has 2 aromatic rings. The van der Waals surface area contributed by atoms with E-state index in [-0.39, 0.29) is 6.54 Å². The Labute approximate surface area is 113 Å². The van der Waals surface area contributed by atoms with E-state index in [1.807, 2.05) is 18.2 Å². The maximum Gasteiger partial charge on any atom is 0.0786 e. The summed E-state index contributed by atoms with van der Waals surface area (Å²) in [6.07, 6.45) is 1.31. The summed E-state index contributed by atoms with van der Waals surface area (Å²) in [5, 5.41) is 12.5. The van der Waals surface area contributed by atoms with E-state index in [0.717, 1.165) is 17.8 Å². The monoisotopic (exact) mass is 257 g/mol. The van der Waals surface area contributed by atoms with Crippen LogP contribution < -0.4 is 11.1 Å². The molecular formula is C15H19N3O. The zero-order valence-electron chi connectivity index (χ0n) is 10.8. The normalized spacial score (nSPS) is 12.3. The van der Waals surface area contributed by atoms with Gasteiger partial charge in [-0.3, -0.25) is 4.98 Å². The Morgan fingerprint density at radius 1 is 1.16 bits per heavy atom. The van der Waals surface area contributed by atoms with Gasteiger partial charge in [-0.15, -0.1) is 0 Å². The molecule has 1 atom stereocenters. The minimum Gasteiger partial charge on any atom is -0.390 e. The maximum atomic E-state index is 9.33. The van der Waals surface area contributed by atoms with Crippen molar-refractivity contribution in [2.24, 2.45) is 5.73 Å². The predicted octanol–water partition coefficient (Wildman–Crippen LogP) is 1.16. The second kappa shape index (κ2) is 6.99. The molecule has 0 radical (unpaired) electrons. The first-order valence-electron chi connectivity index (χ1n) is 6.39. The van der Waals surface area contributed by atoms with Gasteiger partial charge >= 0.3 is 0 Å². The lowest BCUT2D eigenvalue weighted by atomic mass is 10.1. The van der Waals surface area contributed by atoms with Crippen LogP contribution in [0.5, 0.6) is 0 Å². The largest absolute Gasteiger partial charge is 0.390 e. The molecule has 100 valence electrons. The van der Waals surface area contributed by atoms with Gasteiger partial charge in [0.05, 0.1) is 11.8 Å². The van der Waals surface area contributed by atoms with Crippen molar-refractivity contribution >= 4 is 0 Å². The van der Waals surface area contributed by atoms with Crippen LogP contribution in [0.25, 0.3) is 11.3 Å². The van der Waals surface area contributed by atoms with Crippen LogP contribution in [0.2, 0.25) is 0 Å². The highest BCUT2D eigenvalue weighted by Crippen LogP contribution is 2.16. The van der Waals surface area contributed by atoms with Gasteiger partial charge in [0.15, 0.2) is 0 Å². The molecule has 0 saturated carbocycles. The lowest BCUT2D eigenvalue weighted by Gasteiger charge is -2.09. The van der Waals surface area contributed by atoms with E-state index < -0.39 is 6.10 Å². The number of rotatable bonds is 6. The average Bonchev–Trinajstić information content (AvgIpc) is 2.48. The zero-order valence-corrected chi connectivity index (χ0v) is 10.8. The molecule has 4 N–H and O–H groups in total. The number of aliphatic hydroxyl groups excluding tert-OH is 1. The molecule has 0 bridgehead atoms. The highest BCUT2D eigenvalue weighted by molar-refractivity contribution is 5.58. The van der Waals surface area contributed by atoms with Crippen molar-refractivity contribution in [3.05, 3.63) is 54.2 Å². The van der Waals surface area contributed by atoms with E-state index in [1.54, 1.807) is 6.20 Å². The Morgan fingerprint density at radius 2 is 1.95 bits per heavy atom. The van der Waals surface area contributed by atoms with Gasteiger partial charge in [0.2, 0.25) is 0 Å². The molecule has 2 rings (SSSR count). The molecule has 0 spiro atoms. The number of aromatic nitrogens is 1. The molecule has 4 heteroatoms. The number of hydrogen-bond donors (Lipinski definition) is 3. The fourth-order valence-corrected chi connectivity index (χ4v) is 1.79. The molecule has 0 amide bonds. The first-order valence-corrected chi connectivity index (χ1v) is 6.39. The van der Waals surface area contributed by atoms with Crippen LogP contribution in [0.4, 0.5) is 0 Å². The van der Waals surface area contributed by atoms with Crippen LogP contribution in [0, 0.1) is 0 Å². The van der Waals surface area contributed by atoms with Crippen LogP contribution in [0.1, 0.15) is 5.56 Å². The Kier molecular flexibility index (Phi) is 5.03. The number of nitrogens with one attached hydrogen (secondary N) is 1. The van der Waals surface area contributed by atoms with Crippen molar-refractivity contribution in [3.63, 3.8) is 0 Å². The number of benzene rings is 1. The van der Waals surface area contributed by atoms with Crippen LogP contribution in [-0.2, 0) is 6.54 Å². The minimum absolute atomic E-state index is 0.283. The van der Waals surface area contributed by atoms with Gasteiger partial charge in [-0.2, -0.15) is 0 Å². The van der Waals surface area contributed by atoms with Crippen molar-refractivity contribution in [1.29, 1.82) is 0 Å². The highest BCUT2D eigenvalue weighted by atomic mass is 16.3. The lowest BCUT2D eigenvalue weighted by molar-refractivity contribution is 0.179. The predicted molar refractivity (Wildman–Crippen MR) is 76.4 cm³/mol. The van der Waals surface area contributed by atoms with Gasteiger partial charge in [-0.1, -0.05) is 30.3 Å². The van der Waals surface area contributed by atoms with E-state index in [1.165, 1.54) is 5.56 Å². The van der Waals surface area contributed by atoms with Gasteiger partial charge in [0, 0.05) is 31.4 Å². The Bertz CT molecular complexity index is 485. The van der Waals surface area contributed by atoms with Crippen LogP contribution in [0.3, 0.4) is 0 Å². The summed E-state index contributed by atoms with van der Waals surface area (Å²) in [5.41, 5.74) is 8.58. The first-order chi connectivity index (χ1) is 9.29.